The number of aliphatic hydroxyl groups is 1. The first-order valence-corrected chi connectivity index (χ1v) is 11.3. The third-order valence-electron chi connectivity index (χ3n) is 6.47. The first kappa shape index (κ1) is 21.8. The Morgan fingerprint density at radius 3 is 2.54 bits per heavy atom. The fourth-order valence-corrected chi connectivity index (χ4v) is 4.95. The van der Waals surface area contributed by atoms with Gasteiger partial charge in [0.05, 0.1) is 5.69 Å². The van der Waals surface area contributed by atoms with Crippen molar-refractivity contribution in [2.45, 2.75) is 78.0 Å². The zero-order valence-electron chi connectivity index (χ0n) is 18.4. The monoisotopic (exact) mass is 391 g/mol. The van der Waals surface area contributed by atoms with Crippen LogP contribution < -0.4 is 0 Å². The second-order valence-corrected chi connectivity index (χ2v) is 9.48. The van der Waals surface area contributed by atoms with E-state index in [-0.39, 0.29) is 6.61 Å². The van der Waals surface area contributed by atoms with Gasteiger partial charge in [-0.2, -0.15) is 5.10 Å². The minimum absolute atomic E-state index is 0.280. The molecule has 160 valence electrons. The van der Waals surface area contributed by atoms with Gasteiger partial charge in [-0.25, -0.2) is 0 Å². The number of aliphatic hydroxyl groups excluding tert-OH is 1. The van der Waals surface area contributed by atoms with Gasteiger partial charge >= 0.3 is 0 Å². The Kier molecular flexibility index (Phi) is 7.92. The standard InChI is InChI=1S/C22H41N5O/c1-17(2)13-19-14-20(24-23-19)15-25-10-11-27(22(16-25)7-12-28)21-5-8-26(9-6-21)18(3)4/h14,17-18,21-22,28H,5-13,15-16H2,1-4H3,(H,23,24)/t22-/m0/s1. The van der Waals surface area contributed by atoms with E-state index in [9.17, 15) is 5.11 Å². The minimum Gasteiger partial charge on any atom is -0.396 e. The van der Waals surface area contributed by atoms with E-state index in [1.807, 2.05) is 0 Å². The normalized spacial score (nSPS) is 23.9. The highest BCUT2D eigenvalue weighted by Gasteiger charge is 2.33. The first-order valence-electron chi connectivity index (χ1n) is 11.3. The minimum atomic E-state index is 0.280. The molecule has 2 saturated heterocycles. The van der Waals surface area contributed by atoms with Crippen LogP contribution in [0.4, 0.5) is 0 Å². The van der Waals surface area contributed by atoms with E-state index in [2.05, 4.69) is 58.7 Å². The summed E-state index contributed by atoms with van der Waals surface area (Å²) in [5.41, 5.74) is 2.39. The summed E-state index contributed by atoms with van der Waals surface area (Å²) < 4.78 is 0. The molecule has 2 N–H and O–H groups in total. The predicted octanol–water partition coefficient (Wildman–Crippen LogP) is 2.35. The number of nitrogens with one attached hydrogen (secondary N) is 1. The Morgan fingerprint density at radius 2 is 1.89 bits per heavy atom. The van der Waals surface area contributed by atoms with Crippen LogP contribution >= 0.6 is 0 Å². The summed E-state index contributed by atoms with van der Waals surface area (Å²) in [6.07, 6.45) is 4.44. The maximum atomic E-state index is 9.64. The first-order chi connectivity index (χ1) is 13.5. The number of piperidine rings is 1. The van der Waals surface area contributed by atoms with Crippen LogP contribution in [0, 0.1) is 5.92 Å². The molecular weight excluding hydrogens is 350 g/mol. The van der Waals surface area contributed by atoms with Gasteiger partial charge in [-0.15, -0.1) is 0 Å². The quantitative estimate of drug-likeness (QED) is 0.712. The number of aromatic nitrogens is 2. The molecule has 3 rings (SSSR count). The van der Waals surface area contributed by atoms with Gasteiger partial charge in [0.2, 0.25) is 0 Å². The number of piperazine rings is 1. The average molecular weight is 392 g/mol. The molecular formula is C22H41N5O. The molecule has 3 heterocycles. The smallest absolute Gasteiger partial charge is 0.0628 e. The number of rotatable bonds is 8. The maximum absolute atomic E-state index is 9.64. The molecule has 0 saturated carbocycles. The molecule has 6 nitrogen and oxygen atoms in total. The van der Waals surface area contributed by atoms with Crippen LogP contribution in [0.2, 0.25) is 0 Å². The van der Waals surface area contributed by atoms with Gasteiger partial charge in [0, 0.05) is 56.6 Å². The topological polar surface area (TPSA) is 58.6 Å². The van der Waals surface area contributed by atoms with E-state index in [0.717, 1.165) is 39.0 Å². The number of hydrogen-bond acceptors (Lipinski definition) is 5. The number of hydrogen-bond donors (Lipinski definition) is 2. The fraction of sp³-hybridized carbons (Fsp3) is 0.864. The number of likely N-dealkylation sites (tertiary alicyclic amines) is 1. The Balaban J connectivity index is 1.54. The molecule has 2 aliphatic rings. The zero-order chi connectivity index (χ0) is 20.1. The van der Waals surface area contributed by atoms with Crippen molar-refractivity contribution in [1.29, 1.82) is 0 Å². The largest absolute Gasteiger partial charge is 0.396 e. The van der Waals surface area contributed by atoms with Crippen LogP contribution in [0.3, 0.4) is 0 Å². The molecule has 0 bridgehead atoms. The molecule has 28 heavy (non-hydrogen) atoms. The van der Waals surface area contributed by atoms with Gasteiger partial charge < -0.3 is 10.0 Å². The van der Waals surface area contributed by atoms with Crippen molar-refractivity contribution in [3.63, 3.8) is 0 Å². The van der Waals surface area contributed by atoms with Gasteiger partial charge in [0.15, 0.2) is 0 Å². The van der Waals surface area contributed by atoms with E-state index in [0.29, 0.717) is 24.0 Å². The highest BCUT2D eigenvalue weighted by atomic mass is 16.3. The van der Waals surface area contributed by atoms with Gasteiger partial charge in [-0.1, -0.05) is 13.8 Å². The number of nitrogens with zero attached hydrogens (tertiary/aromatic N) is 4. The third kappa shape index (κ3) is 5.78. The number of aromatic amines is 1. The summed E-state index contributed by atoms with van der Waals surface area (Å²) in [5.74, 6) is 0.635. The molecule has 1 aromatic heterocycles. The van der Waals surface area contributed by atoms with Crippen LogP contribution in [0.1, 0.15) is 58.3 Å². The van der Waals surface area contributed by atoms with E-state index < -0.39 is 0 Å². The molecule has 0 unspecified atom stereocenters. The Hall–Kier alpha value is -0.950. The lowest BCUT2D eigenvalue weighted by Crippen LogP contribution is -2.58. The lowest BCUT2D eigenvalue weighted by Gasteiger charge is -2.48. The van der Waals surface area contributed by atoms with Crippen molar-refractivity contribution < 1.29 is 5.11 Å². The molecule has 2 aliphatic heterocycles. The van der Waals surface area contributed by atoms with Crippen molar-refractivity contribution in [1.82, 2.24) is 24.9 Å². The molecule has 0 spiro atoms. The van der Waals surface area contributed by atoms with Crippen LogP contribution in [0.5, 0.6) is 0 Å². The Labute approximate surface area is 171 Å². The highest BCUT2D eigenvalue weighted by molar-refractivity contribution is 5.09. The fourth-order valence-electron chi connectivity index (χ4n) is 4.95. The second-order valence-electron chi connectivity index (χ2n) is 9.48. The molecule has 0 amide bonds. The zero-order valence-corrected chi connectivity index (χ0v) is 18.4. The third-order valence-corrected chi connectivity index (χ3v) is 6.47. The van der Waals surface area contributed by atoms with Crippen molar-refractivity contribution in [3.05, 3.63) is 17.5 Å². The van der Waals surface area contributed by atoms with Gasteiger partial charge in [0.25, 0.3) is 0 Å². The van der Waals surface area contributed by atoms with Gasteiger partial charge in [0.1, 0.15) is 0 Å². The Bertz CT molecular complexity index is 579. The second kappa shape index (κ2) is 10.2. The average Bonchev–Trinajstić information content (AvgIpc) is 3.08. The SMILES string of the molecule is CC(C)Cc1cc(CN2CCN(C3CCN(C(C)C)CC3)[C@@H](CCO)C2)[nH]n1. The van der Waals surface area contributed by atoms with Crippen LogP contribution in [0.15, 0.2) is 6.07 Å². The molecule has 0 aromatic carbocycles. The molecule has 1 aromatic rings. The molecule has 2 fully saturated rings. The van der Waals surface area contributed by atoms with E-state index in [1.54, 1.807) is 0 Å². The van der Waals surface area contributed by atoms with Gasteiger partial charge in [-0.3, -0.25) is 14.9 Å². The summed E-state index contributed by atoms with van der Waals surface area (Å²) >= 11 is 0. The van der Waals surface area contributed by atoms with Crippen LogP contribution in [-0.4, -0.2) is 87.5 Å². The summed E-state index contributed by atoms with van der Waals surface area (Å²) in [7, 11) is 0. The van der Waals surface area contributed by atoms with Crippen LogP contribution in [0.25, 0.3) is 0 Å². The van der Waals surface area contributed by atoms with E-state index in [4.69, 9.17) is 0 Å². The van der Waals surface area contributed by atoms with E-state index in [1.165, 1.54) is 37.3 Å². The van der Waals surface area contributed by atoms with Crippen molar-refractivity contribution in [3.8, 4) is 0 Å². The van der Waals surface area contributed by atoms with Crippen molar-refractivity contribution in [2.24, 2.45) is 5.92 Å². The maximum Gasteiger partial charge on any atom is 0.0628 e. The highest BCUT2D eigenvalue weighted by Crippen LogP contribution is 2.25. The molecule has 1 atom stereocenters. The van der Waals surface area contributed by atoms with Crippen LogP contribution in [-0.2, 0) is 13.0 Å². The lowest BCUT2D eigenvalue weighted by atomic mass is 9.97. The summed E-state index contributed by atoms with van der Waals surface area (Å²) in [6.45, 7) is 16.0. The Morgan fingerprint density at radius 1 is 1.14 bits per heavy atom. The summed E-state index contributed by atoms with van der Waals surface area (Å²) in [6, 6.07) is 4.03. The van der Waals surface area contributed by atoms with Crippen molar-refractivity contribution in [2.75, 3.05) is 39.3 Å². The molecule has 6 heteroatoms. The predicted molar refractivity (Wildman–Crippen MR) is 114 cm³/mol. The number of H-pyrrole nitrogens is 1. The summed E-state index contributed by atoms with van der Waals surface area (Å²) in [4.78, 5) is 7.84. The molecule has 0 aliphatic carbocycles. The molecule has 0 radical (unpaired) electrons. The summed E-state index contributed by atoms with van der Waals surface area (Å²) in [5, 5.41) is 17.4. The van der Waals surface area contributed by atoms with E-state index >= 15 is 0 Å². The van der Waals surface area contributed by atoms with Crippen molar-refractivity contribution >= 4 is 0 Å². The lowest BCUT2D eigenvalue weighted by molar-refractivity contribution is -0.000342. The van der Waals surface area contributed by atoms with Gasteiger partial charge in [-0.05, 0) is 64.6 Å².